The van der Waals surface area contributed by atoms with Gasteiger partial charge in [0.25, 0.3) is 0 Å². The third-order valence-corrected chi connectivity index (χ3v) is 5.15. The highest BCUT2D eigenvalue weighted by Gasteiger charge is 2.42. The van der Waals surface area contributed by atoms with Crippen molar-refractivity contribution < 1.29 is 13.2 Å². The highest BCUT2D eigenvalue weighted by atomic mass is 35.5. The summed E-state index contributed by atoms with van der Waals surface area (Å²) in [5, 5.41) is 5.24. The molecule has 1 atom stereocenters. The lowest BCUT2D eigenvalue weighted by Gasteiger charge is -2.30. The molecule has 1 aromatic rings. The first-order valence-electron chi connectivity index (χ1n) is 5.54. The van der Waals surface area contributed by atoms with E-state index in [2.05, 4.69) is 9.97 Å². The molecular weight excluding hydrogens is 361 g/mol. The van der Waals surface area contributed by atoms with Crippen molar-refractivity contribution in [2.45, 2.75) is 11.3 Å². The zero-order chi connectivity index (χ0) is 15.8. The van der Waals surface area contributed by atoms with Gasteiger partial charge in [0.15, 0.2) is 5.75 Å². The van der Waals surface area contributed by atoms with E-state index in [0.717, 1.165) is 0 Å². The molecule has 1 heterocycles. The van der Waals surface area contributed by atoms with Crippen LogP contribution in [0.1, 0.15) is 12.1 Å². The van der Waals surface area contributed by atoms with Crippen molar-refractivity contribution in [3.05, 3.63) is 39.3 Å². The first kappa shape index (κ1) is 16.5. The number of primary sulfonamides is 1. The van der Waals surface area contributed by atoms with Crippen molar-refractivity contribution in [1.29, 1.82) is 0 Å². The minimum atomic E-state index is -3.90. The smallest absolute Gasteiger partial charge is 0.234 e. The Labute approximate surface area is 136 Å². The van der Waals surface area contributed by atoms with Crippen molar-refractivity contribution in [2.24, 2.45) is 5.14 Å². The van der Waals surface area contributed by atoms with Crippen LogP contribution in [0.4, 0.5) is 0 Å². The van der Waals surface area contributed by atoms with E-state index in [9.17, 15) is 8.42 Å². The third-order valence-electron chi connectivity index (χ3n) is 2.90. The predicted molar refractivity (Wildman–Crippen MR) is 80.9 cm³/mol. The summed E-state index contributed by atoms with van der Waals surface area (Å²) < 4.78 is 28.2. The topological polar surface area (TPSA) is 95.2 Å². The molecule has 0 amide bonds. The number of nitrogens with zero attached hydrogens (tertiary/aromatic N) is 2. The summed E-state index contributed by atoms with van der Waals surface area (Å²) in [5.74, 6) is 0.233. The van der Waals surface area contributed by atoms with Gasteiger partial charge in [-0.25, -0.2) is 23.5 Å². The highest BCUT2D eigenvalue weighted by Crippen LogP contribution is 2.49. The summed E-state index contributed by atoms with van der Waals surface area (Å²) in [4.78, 5) is 6.28. The van der Waals surface area contributed by atoms with Crippen LogP contribution in [0.5, 0.6) is 5.75 Å². The number of rotatable bonds is 3. The lowest BCUT2D eigenvalue weighted by molar-refractivity contribution is 0.399. The van der Waals surface area contributed by atoms with Gasteiger partial charge in [0.1, 0.15) is 10.6 Å². The molecule has 0 saturated carbocycles. The number of ether oxygens (including phenoxy) is 1. The summed E-state index contributed by atoms with van der Waals surface area (Å²) in [6.07, 6.45) is 3.81. The largest absolute Gasteiger partial charge is 0.493 e. The first-order valence-corrected chi connectivity index (χ1v) is 8.22. The fourth-order valence-corrected chi connectivity index (χ4v) is 3.31. The summed E-state index contributed by atoms with van der Waals surface area (Å²) >= 11 is 18.4. The second kappa shape index (κ2) is 5.73. The quantitative estimate of drug-likeness (QED) is 0.650. The molecule has 0 spiro atoms. The number of nitrogens with two attached hydrogens (primary N) is 1. The van der Waals surface area contributed by atoms with Crippen molar-refractivity contribution in [3.8, 4) is 5.75 Å². The number of sulfonamides is 1. The maximum atomic E-state index is 11.5. The molecule has 0 aromatic carbocycles. The van der Waals surface area contributed by atoms with Crippen LogP contribution >= 0.6 is 34.8 Å². The number of allylic oxidation sites excluding steroid dienone is 4. The van der Waals surface area contributed by atoms with Gasteiger partial charge >= 0.3 is 0 Å². The fraction of sp³-hybridized carbons (Fsp3) is 0.273. The maximum absolute atomic E-state index is 11.5. The molecule has 21 heavy (non-hydrogen) atoms. The number of hydrogen-bond donors (Lipinski definition) is 1. The van der Waals surface area contributed by atoms with Crippen LogP contribution in [0.25, 0.3) is 0 Å². The monoisotopic (exact) mass is 369 g/mol. The van der Waals surface area contributed by atoms with E-state index in [0.29, 0.717) is 0 Å². The second-order valence-electron chi connectivity index (χ2n) is 4.23. The van der Waals surface area contributed by atoms with Gasteiger partial charge < -0.3 is 4.74 Å². The van der Waals surface area contributed by atoms with Crippen LogP contribution in [-0.2, 0) is 14.9 Å². The minimum absolute atomic E-state index is 0.0676. The van der Waals surface area contributed by atoms with Crippen LogP contribution in [0.3, 0.4) is 0 Å². The summed E-state index contributed by atoms with van der Waals surface area (Å²) in [7, 11) is -2.51. The molecule has 10 heteroatoms. The number of hydrogen-bond acceptors (Lipinski definition) is 5. The van der Waals surface area contributed by atoms with Crippen molar-refractivity contribution in [3.63, 3.8) is 0 Å². The number of halogens is 3. The van der Waals surface area contributed by atoms with Gasteiger partial charge in [-0.05, 0) is 23.8 Å². The molecule has 1 unspecified atom stereocenters. The molecule has 0 radical (unpaired) electrons. The van der Waals surface area contributed by atoms with Gasteiger partial charge in [-0.2, -0.15) is 0 Å². The van der Waals surface area contributed by atoms with E-state index < -0.39 is 14.9 Å². The fourth-order valence-electron chi connectivity index (χ4n) is 1.86. The summed E-state index contributed by atoms with van der Waals surface area (Å²) in [5.41, 5.74) is 0.169. The third kappa shape index (κ3) is 3.17. The molecule has 114 valence electrons. The summed E-state index contributed by atoms with van der Waals surface area (Å²) in [6.45, 7) is 0. The zero-order valence-electron chi connectivity index (χ0n) is 10.7. The molecule has 2 N–H and O–H groups in total. The lowest BCUT2D eigenvalue weighted by atomic mass is 9.94. The Balaban J connectivity index is 2.60. The molecule has 0 fully saturated rings. The number of methoxy groups -OCH3 is 1. The number of alkyl halides is 1. The van der Waals surface area contributed by atoms with Gasteiger partial charge in [-0.3, -0.25) is 0 Å². The van der Waals surface area contributed by atoms with Gasteiger partial charge in [-0.1, -0.05) is 11.6 Å². The van der Waals surface area contributed by atoms with E-state index >= 15 is 0 Å². The predicted octanol–water partition coefficient (Wildman–Crippen LogP) is 2.27. The van der Waals surface area contributed by atoms with Crippen LogP contribution in [0, 0.1) is 0 Å². The van der Waals surface area contributed by atoms with Crippen molar-refractivity contribution in [2.75, 3.05) is 7.11 Å². The van der Waals surface area contributed by atoms with Crippen LogP contribution in [-0.4, -0.2) is 25.5 Å². The van der Waals surface area contributed by atoms with Crippen molar-refractivity contribution >= 4 is 44.8 Å². The average molecular weight is 371 g/mol. The first-order chi connectivity index (χ1) is 9.68. The Bertz CT molecular complexity index is 748. The Morgan fingerprint density at radius 2 is 2.05 bits per heavy atom. The molecule has 2 rings (SSSR count). The van der Waals surface area contributed by atoms with E-state index in [-0.39, 0.29) is 33.1 Å². The Hall–Kier alpha value is -0.860. The van der Waals surface area contributed by atoms with E-state index in [1.807, 2.05) is 0 Å². The summed E-state index contributed by atoms with van der Waals surface area (Å²) in [6, 6.07) is 0. The molecular formula is C11H10Cl3N3O3S. The molecule has 0 saturated heterocycles. The molecule has 6 nitrogen and oxygen atoms in total. The Morgan fingerprint density at radius 1 is 1.38 bits per heavy atom. The average Bonchev–Trinajstić information content (AvgIpc) is 2.40. The standard InChI is InChI=1S/C11H10Cl3N3O3S/c1-20-7-5-16-10(13)17-9(7)11(14)4-6(21(15,18)19)2-3-8(11)12/h2-3,5H,4H2,1H3,(H2,15,18,19). The van der Waals surface area contributed by atoms with Crippen LogP contribution in [0.15, 0.2) is 28.3 Å². The molecule has 1 aliphatic carbocycles. The van der Waals surface area contributed by atoms with E-state index in [4.69, 9.17) is 44.7 Å². The molecule has 0 bridgehead atoms. The zero-order valence-corrected chi connectivity index (χ0v) is 13.8. The molecule has 1 aliphatic rings. The molecule has 1 aromatic heterocycles. The Kier molecular flexibility index (Phi) is 4.51. The normalized spacial score (nSPS) is 22.5. The van der Waals surface area contributed by atoms with E-state index in [1.165, 1.54) is 25.5 Å². The highest BCUT2D eigenvalue weighted by molar-refractivity contribution is 7.93. The van der Waals surface area contributed by atoms with Gasteiger partial charge in [0.05, 0.1) is 18.2 Å². The van der Waals surface area contributed by atoms with Crippen LogP contribution < -0.4 is 9.88 Å². The van der Waals surface area contributed by atoms with Gasteiger partial charge in [-0.15, -0.1) is 11.6 Å². The Morgan fingerprint density at radius 3 is 2.62 bits per heavy atom. The second-order valence-corrected chi connectivity index (χ2v) is 7.23. The van der Waals surface area contributed by atoms with Gasteiger partial charge in [0, 0.05) is 11.5 Å². The maximum Gasteiger partial charge on any atom is 0.234 e. The van der Waals surface area contributed by atoms with E-state index in [1.54, 1.807) is 0 Å². The lowest BCUT2D eigenvalue weighted by Crippen LogP contribution is -2.29. The SMILES string of the molecule is COc1cnc(Cl)nc1C1(Cl)CC(S(N)(=O)=O)=CC=C1Cl. The minimum Gasteiger partial charge on any atom is -0.493 e. The number of aromatic nitrogens is 2. The van der Waals surface area contributed by atoms with Crippen LogP contribution in [0.2, 0.25) is 5.28 Å². The van der Waals surface area contributed by atoms with Crippen molar-refractivity contribution in [1.82, 2.24) is 9.97 Å². The van der Waals surface area contributed by atoms with Gasteiger partial charge in [0.2, 0.25) is 15.3 Å². The molecule has 0 aliphatic heterocycles.